The monoisotopic (exact) mass is 407 g/mol. The van der Waals surface area contributed by atoms with Crippen molar-refractivity contribution in [3.8, 4) is 16.2 Å². The molecule has 4 heterocycles. The van der Waals surface area contributed by atoms with E-state index in [-0.39, 0.29) is 0 Å². The van der Waals surface area contributed by atoms with E-state index in [1.807, 2.05) is 6.92 Å². The van der Waals surface area contributed by atoms with Crippen LogP contribution in [0.3, 0.4) is 0 Å². The summed E-state index contributed by atoms with van der Waals surface area (Å²) >= 11 is 1.73. The molecule has 0 spiro atoms. The molecule has 150 valence electrons. The van der Waals surface area contributed by atoms with Gasteiger partial charge in [0.25, 0.3) is 0 Å². The molecule has 3 aromatic heterocycles. The summed E-state index contributed by atoms with van der Waals surface area (Å²) in [5, 5.41) is 2.14. The van der Waals surface area contributed by atoms with Crippen molar-refractivity contribution in [1.29, 1.82) is 0 Å². The first-order chi connectivity index (χ1) is 13.9. The highest BCUT2D eigenvalue weighted by molar-refractivity contribution is 7.22. The molecule has 1 fully saturated rings. The molecule has 1 aromatic carbocycles. The van der Waals surface area contributed by atoms with Crippen molar-refractivity contribution >= 4 is 38.3 Å². The standard InChI is InChI=1S/C22H25N5OS/c1-12-7-14-9-18(29-20(14)17(8-12)28-4)16-11-27(15-5-6-26(3)10-15)22-19(16)21(23)24-13(2)25-22/h7-9,11,15H,5-6,10H2,1-4H3,(H2,23,24,25). The number of nitrogens with zero attached hydrogens (tertiary/aromatic N) is 4. The van der Waals surface area contributed by atoms with Crippen molar-refractivity contribution in [2.24, 2.45) is 0 Å². The Hall–Kier alpha value is -2.64. The van der Waals surface area contributed by atoms with Gasteiger partial charge in [-0.25, -0.2) is 9.97 Å². The van der Waals surface area contributed by atoms with Gasteiger partial charge in [-0.05, 0) is 56.9 Å². The van der Waals surface area contributed by atoms with Crippen LogP contribution < -0.4 is 10.5 Å². The summed E-state index contributed by atoms with van der Waals surface area (Å²) in [4.78, 5) is 12.8. The Morgan fingerprint density at radius 1 is 1.21 bits per heavy atom. The number of likely N-dealkylation sites (N-methyl/N-ethyl adjacent to an activating group) is 1. The number of aromatic nitrogens is 3. The molecule has 0 bridgehead atoms. The summed E-state index contributed by atoms with van der Waals surface area (Å²) in [6, 6.07) is 6.92. The minimum atomic E-state index is 0.399. The second kappa shape index (κ2) is 6.71. The van der Waals surface area contributed by atoms with Gasteiger partial charge in [-0.15, -0.1) is 11.3 Å². The Morgan fingerprint density at radius 2 is 2.03 bits per heavy atom. The number of thiophene rings is 1. The van der Waals surface area contributed by atoms with Crippen LogP contribution in [0.25, 0.3) is 31.6 Å². The summed E-state index contributed by atoms with van der Waals surface area (Å²) in [6.45, 7) is 6.11. The number of rotatable bonds is 3. The van der Waals surface area contributed by atoms with Crippen LogP contribution in [0.5, 0.6) is 5.75 Å². The fraction of sp³-hybridized carbons (Fsp3) is 0.364. The Balaban J connectivity index is 1.76. The van der Waals surface area contributed by atoms with Crippen LogP contribution >= 0.6 is 11.3 Å². The number of fused-ring (bicyclic) bond motifs is 2. The average molecular weight is 408 g/mol. The van der Waals surface area contributed by atoms with Crippen LogP contribution in [0, 0.1) is 13.8 Å². The maximum Gasteiger partial charge on any atom is 0.146 e. The number of hydrogen-bond donors (Lipinski definition) is 1. The molecule has 29 heavy (non-hydrogen) atoms. The maximum absolute atomic E-state index is 6.41. The van der Waals surface area contributed by atoms with Gasteiger partial charge in [-0.2, -0.15) is 0 Å². The maximum atomic E-state index is 6.41. The first-order valence-electron chi connectivity index (χ1n) is 9.86. The third kappa shape index (κ3) is 2.96. The molecule has 5 rings (SSSR count). The van der Waals surface area contributed by atoms with Gasteiger partial charge in [0.2, 0.25) is 0 Å². The zero-order valence-corrected chi connectivity index (χ0v) is 18.0. The van der Waals surface area contributed by atoms with Gasteiger partial charge in [0.15, 0.2) is 0 Å². The SMILES string of the molecule is COc1cc(C)cc2cc(-c3cn(C4CCN(C)C4)c4nc(C)nc(N)c34)sc12. The highest BCUT2D eigenvalue weighted by Crippen LogP contribution is 2.43. The number of hydrogen-bond acceptors (Lipinski definition) is 6. The molecule has 0 aliphatic carbocycles. The molecule has 4 aromatic rings. The van der Waals surface area contributed by atoms with E-state index in [1.54, 1.807) is 18.4 Å². The van der Waals surface area contributed by atoms with Gasteiger partial charge in [0.05, 0.1) is 17.2 Å². The number of nitrogens with two attached hydrogens (primary N) is 1. The molecule has 6 nitrogen and oxygen atoms in total. The van der Waals surface area contributed by atoms with E-state index in [0.717, 1.165) is 51.4 Å². The molecule has 1 saturated heterocycles. The molecule has 1 atom stereocenters. The number of likely N-dealkylation sites (tertiary alicyclic amines) is 1. The fourth-order valence-electron chi connectivity index (χ4n) is 4.44. The van der Waals surface area contributed by atoms with Crippen molar-refractivity contribution in [2.45, 2.75) is 26.3 Å². The first kappa shape index (κ1) is 18.4. The van der Waals surface area contributed by atoms with Crippen molar-refractivity contribution in [1.82, 2.24) is 19.4 Å². The second-order valence-corrected chi connectivity index (χ2v) is 9.06. The van der Waals surface area contributed by atoms with Gasteiger partial charge in [-0.1, -0.05) is 6.07 Å². The van der Waals surface area contributed by atoms with Gasteiger partial charge in [-0.3, -0.25) is 0 Å². The number of methoxy groups -OCH3 is 1. The minimum Gasteiger partial charge on any atom is -0.495 e. The molecule has 2 N–H and O–H groups in total. The summed E-state index contributed by atoms with van der Waals surface area (Å²) in [7, 11) is 3.90. The largest absolute Gasteiger partial charge is 0.495 e. The quantitative estimate of drug-likeness (QED) is 0.545. The number of benzene rings is 1. The molecule has 0 amide bonds. The van der Waals surface area contributed by atoms with E-state index in [2.05, 4.69) is 52.8 Å². The lowest BCUT2D eigenvalue weighted by Crippen LogP contribution is -2.16. The van der Waals surface area contributed by atoms with E-state index in [4.69, 9.17) is 15.5 Å². The lowest BCUT2D eigenvalue weighted by Gasteiger charge is -2.13. The summed E-state index contributed by atoms with van der Waals surface area (Å²) in [5.74, 6) is 2.17. The normalized spacial score (nSPS) is 17.6. The van der Waals surface area contributed by atoms with Gasteiger partial charge in [0, 0.05) is 29.2 Å². The van der Waals surface area contributed by atoms with Crippen molar-refractivity contribution in [3.05, 3.63) is 35.8 Å². The lowest BCUT2D eigenvalue weighted by atomic mass is 10.1. The molecule has 0 saturated carbocycles. The third-order valence-corrected chi connectivity index (χ3v) is 6.98. The topological polar surface area (TPSA) is 69.2 Å². The number of nitrogen functional groups attached to an aromatic ring is 1. The molecule has 7 heteroatoms. The van der Waals surface area contributed by atoms with Crippen LogP contribution in [-0.4, -0.2) is 46.7 Å². The van der Waals surface area contributed by atoms with Crippen molar-refractivity contribution in [3.63, 3.8) is 0 Å². The highest BCUT2D eigenvalue weighted by Gasteiger charge is 2.26. The summed E-state index contributed by atoms with van der Waals surface area (Å²) in [5.41, 5.74) is 9.64. The number of aryl methyl sites for hydroxylation is 2. The predicted molar refractivity (Wildman–Crippen MR) is 120 cm³/mol. The van der Waals surface area contributed by atoms with Gasteiger partial charge >= 0.3 is 0 Å². The van der Waals surface area contributed by atoms with Crippen molar-refractivity contribution < 1.29 is 4.74 Å². The summed E-state index contributed by atoms with van der Waals surface area (Å²) in [6.07, 6.45) is 3.34. The third-order valence-electron chi connectivity index (χ3n) is 5.78. The van der Waals surface area contributed by atoms with E-state index >= 15 is 0 Å². The molecule has 1 aliphatic heterocycles. The Bertz CT molecular complexity index is 1240. The van der Waals surface area contributed by atoms with E-state index < -0.39 is 0 Å². The first-order valence-corrected chi connectivity index (χ1v) is 10.7. The van der Waals surface area contributed by atoms with E-state index in [9.17, 15) is 0 Å². The smallest absolute Gasteiger partial charge is 0.146 e. The molecule has 1 aliphatic rings. The van der Waals surface area contributed by atoms with E-state index in [0.29, 0.717) is 17.7 Å². The zero-order valence-electron chi connectivity index (χ0n) is 17.2. The Morgan fingerprint density at radius 3 is 2.76 bits per heavy atom. The number of anilines is 1. The van der Waals surface area contributed by atoms with Crippen molar-refractivity contribution in [2.75, 3.05) is 33.0 Å². The van der Waals surface area contributed by atoms with E-state index in [1.165, 1.54) is 10.9 Å². The lowest BCUT2D eigenvalue weighted by molar-refractivity contribution is 0.395. The van der Waals surface area contributed by atoms with Crippen LogP contribution in [0.2, 0.25) is 0 Å². The Labute approximate surface area is 173 Å². The van der Waals surface area contributed by atoms with Crippen LogP contribution in [0.15, 0.2) is 24.4 Å². The molecule has 1 unspecified atom stereocenters. The number of ether oxygens (including phenoxy) is 1. The van der Waals surface area contributed by atoms with Gasteiger partial charge < -0.3 is 19.9 Å². The van der Waals surface area contributed by atoms with Gasteiger partial charge in [0.1, 0.15) is 23.0 Å². The summed E-state index contributed by atoms with van der Waals surface area (Å²) < 4.78 is 9.10. The highest BCUT2D eigenvalue weighted by atomic mass is 32.1. The molecular formula is C22H25N5OS. The van der Waals surface area contributed by atoms with Crippen LogP contribution in [0.4, 0.5) is 5.82 Å². The van der Waals surface area contributed by atoms with Crippen LogP contribution in [-0.2, 0) is 0 Å². The second-order valence-electron chi connectivity index (χ2n) is 8.01. The zero-order chi connectivity index (χ0) is 20.3. The molecular weight excluding hydrogens is 382 g/mol. The fourth-order valence-corrected chi connectivity index (χ4v) is 5.59. The predicted octanol–water partition coefficient (Wildman–Crippen LogP) is 4.40. The Kier molecular flexibility index (Phi) is 4.26. The van der Waals surface area contributed by atoms with Crippen LogP contribution in [0.1, 0.15) is 23.9 Å². The average Bonchev–Trinajstić information content (AvgIpc) is 3.36. The minimum absolute atomic E-state index is 0.399. The molecule has 0 radical (unpaired) electrons.